The molecule has 0 unspecified atom stereocenters. The van der Waals surface area contributed by atoms with E-state index in [-0.39, 0.29) is 0 Å². The molecule has 0 saturated carbocycles. The number of rotatable bonds is 1. The Hall–Kier alpha value is -2.87. The lowest BCUT2D eigenvalue weighted by atomic mass is 10.1. The zero-order chi connectivity index (χ0) is 12.5. The monoisotopic (exact) mass is 235 g/mol. The van der Waals surface area contributed by atoms with Crippen LogP contribution in [0.15, 0.2) is 36.7 Å². The molecule has 3 rings (SSSR count). The molecule has 5 heteroatoms. The van der Waals surface area contributed by atoms with Gasteiger partial charge >= 0.3 is 0 Å². The number of aromatic amines is 1. The molecule has 0 aliphatic heterocycles. The quantitative estimate of drug-likeness (QED) is 0.631. The highest BCUT2D eigenvalue weighted by Gasteiger charge is 2.09. The minimum Gasteiger partial charge on any atom is -0.399 e. The highest BCUT2D eigenvalue weighted by molar-refractivity contribution is 5.94. The van der Waals surface area contributed by atoms with E-state index in [0.717, 1.165) is 22.2 Å². The Morgan fingerprint density at radius 2 is 2.11 bits per heavy atom. The smallest absolute Gasteiger partial charge is 0.102 e. The van der Waals surface area contributed by atoms with Crippen molar-refractivity contribution in [1.82, 2.24) is 15.2 Å². The SMILES string of the molecule is N#Cc1cncc(-c2n[nH]c3ccc(N)cc23)c1. The number of hydrogen-bond donors (Lipinski definition) is 2. The molecule has 0 saturated heterocycles. The standard InChI is InChI=1S/C13H9N5/c14-5-8-3-9(7-16-6-8)13-11-4-10(15)1-2-12(11)17-18-13/h1-4,6-7H,15H2,(H,17,18). The predicted molar refractivity (Wildman–Crippen MR) is 68.5 cm³/mol. The molecular weight excluding hydrogens is 226 g/mol. The lowest BCUT2D eigenvalue weighted by Crippen LogP contribution is -1.85. The van der Waals surface area contributed by atoms with Crippen molar-refractivity contribution < 1.29 is 0 Å². The maximum atomic E-state index is 8.88. The predicted octanol–water partition coefficient (Wildman–Crippen LogP) is 2.08. The van der Waals surface area contributed by atoms with E-state index in [0.29, 0.717) is 11.3 Å². The number of aromatic nitrogens is 3. The number of fused-ring (bicyclic) bond motifs is 1. The Morgan fingerprint density at radius 1 is 1.22 bits per heavy atom. The van der Waals surface area contributed by atoms with Crippen LogP contribution in [0.1, 0.15) is 5.56 Å². The molecule has 3 aromatic rings. The fraction of sp³-hybridized carbons (Fsp3) is 0. The van der Waals surface area contributed by atoms with Gasteiger partial charge in [-0.2, -0.15) is 10.4 Å². The Kier molecular flexibility index (Phi) is 2.21. The van der Waals surface area contributed by atoms with Crippen molar-refractivity contribution in [2.45, 2.75) is 0 Å². The van der Waals surface area contributed by atoms with Gasteiger partial charge in [0.15, 0.2) is 0 Å². The van der Waals surface area contributed by atoms with E-state index in [2.05, 4.69) is 21.3 Å². The Labute approximate surface area is 103 Å². The fourth-order valence-corrected chi connectivity index (χ4v) is 1.88. The van der Waals surface area contributed by atoms with Crippen molar-refractivity contribution >= 4 is 16.6 Å². The van der Waals surface area contributed by atoms with Crippen LogP contribution in [0, 0.1) is 11.3 Å². The van der Waals surface area contributed by atoms with Crippen molar-refractivity contribution in [3.63, 3.8) is 0 Å². The first-order valence-corrected chi connectivity index (χ1v) is 5.37. The molecule has 0 radical (unpaired) electrons. The van der Waals surface area contributed by atoms with Crippen molar-refractivity contribution in [3.05, 3.63) is 42.2 Å². The molecule has 0 bridgehead atoms. The van der Waals surface area contributed by atoms with Crippen LogP contribution in [0.4, 0.5) is 5.69 Å². The van der Waals surface area contributed by atoms with Gasteiger partial charge in [-0.1, -0.05) is 0 Å². The average molecular weight is 235 g/mol. The molecule has 0 aliphatic rings. The largest absolute Gasteiger partial charge is 0.399 e. The summed E-state index contributed by atoms with van der Waals surface area (Å²) >= 11 is 0. The van der Waals surface area contributed by atoms with E-state index in [1.54, 1.807) is 12.3 Å². The van der Waals surface area contributed by atoms with Gasteiger partial charge in [-0.3, -0.25) is 10.1 Å². The van der Waals surface area contributed by atoms with Crippen molar-refractivity contribution in [3.8, 4) is 17.3 Å². The van der Waals surface area contributed by atoms with E-state index >= 15 is 0 Å². The molecule has 86 valence electrons. The van der Waals surface area contributed by atoms with Crippen LogP contribution >= 0.6 is 0 Å². The molecule has 18 heavy (non-hydrogen) atoms. The summed E-state index contributed by atoms with van der Waals surface area (Å²) in [4.78, 5) is 4.03. The summed E-state index contributed by atoms with van der Waals surface area (Å²) in [5.74, 6) is 0. The number of nitrogens with two attached hydrogens (primary N) is 1. The first kappa shape index (κ1) is 10.3. The Balaban J connectivity index is 2.25. The number of pyridine rings is 1. The summed E-state index contributed by atoms with van der Waals surface area (Å²) in [5.41, 5.74) is 9.41. The van der Waals surface area contributed by atoms with Gasteiger partial charge in [0.1, 0.15) is 11.8 Å². The summed E-state index contributed by atoms with van der Waals surface area (Å²) in [5, 5.41) is 17.0. The number of benzene rings is 1. The van der Waals surface area contributed by atoms with E-state index in [1.165, 1.54) is 6.20 Å². The first-order valence-electron chi connectivity index (χ1n) is 5.37. The molecule has 0 aliphatic carbocycles. The van der Waals surface area contributed by atoms with Gasteiger partial charge in [-0.25, -0.2) is 0 Å². The van der Waals surface area contributed by atoms with Crippen LogP contribution in [-0.4, -0.2) is 15.2 Å². The van der Waals surface area contributed by atoms with Crippen LogP contribution in [0.3, 0.4) is 0 Å². The van der Waals surface area contributed by atoms with Crippen LogP contribution < -0.4 is 5.73 Å². The number of nitrogens with one attached hydrogen (secondary N) is 1. The number of hydrogen-bond acceptors (Lipinski definition) is 4. The van der Waals surface area contributed by atoms with Crippen molar-refractivity contribution in [2.75, 3.05) is 5.73 Å². The topological polar surface area (TPSA) is 91.4 Å². The van der Waals surface area contributed by atoms with E-state index < -0.39 is 0 Å². The molecule has 0 fully saturated rings. The first-order chi connectivity index (χ1) is 8.78. The third-order valence-corrected chi connectivity index (χ3v) is 2.73. The Morgan fingerprint density at radius 3 is 2.94 bits per heavy atom. The second kappa shape index (κ2) is 3.86. The molecule has 2 aromatic heterocycles. The fourth-order valence-electron chi connectivity index (χ4n) is 1.88. The Bertz CT molecular complexity index is 766. The molecule has 3 N–H and O–H groups in total. The zero-order valence-corrected chi connectivity index (χ0v) is 9.38. The average Bonchev–Trinajstić information content (AvgIpc) is 2.81. The minimum absolute atomic E-state index is 0.507. The number of nitrogens with zero attached hydrogens (tertiary/aromatic N) is 3. The minimum atomic E-state index is 0.507. The second-order valence-electron chi connectivity index (χ2n) is 3.95. The van der Waals surface area contributed by atoms with Crippen molar-refractivity contribution in [1.29, 1.82) is 5.26 Å². The number of nitriles is 1. The van der Waals surface area contributed by atoms with Gasteiger partial charge in [0.05, 0.1) is 11.1 Å². The number of anilines is 1. The van der Waals surface area contributed by atoms with Crippen LogP contribution in [0.2, 0.25) is 0 Å². The summed E-state index contributed by atoms with van der Waals surface area (Å²) in [7, 11) is 0. The number of nitrogen functional groups attached to an aromatic ring is 1. The van der Waals surface area contributed by atoms with Gasteiger partial charge in [0.2, 0.25) is 0 Å². The van der Waals surface area contributed by atoms with E-state index in [4.69, 9.17) is 11.0 Å². The van der Waals surface area contributed by atoms with Gasteiger partial charge in [-0.05, 0) is 24.3 Å². The highest BCUT2D eigenvalue weighted by Crippen LogP contribution is 2.27. The van der Waals surface area contributed by atoms with Gasteiger partial charge < -0.3 is 5.73 Å². The van der Waals surface area contributed by atoms with E-state index in [1.807, 2.05) is 18.2 Å². The van der Waals surface area contributed by atoms with Crippen LogP contribution in [0.25, 0.3) is 22.2 Å². The lowest BCUT2D eigenvalue weighted by Gasteiger charge is -1.98. The highest BCUT2D eigenvalue weighted by atomic mass is 15.1. The van der Waals surface area contributed by atoms with E-state index in [9.17, 15) is 0 Å². The summed E-state index contributed by atoms with van der Waals surface area (Å²) in [6, 6.07) is 9.37. The molecule has 0 atom stereocenters. The molecule has 0 amide bonds. The van der Waals surface area contributed by atoms with Crippen LogP contribution in [0.5, 0.6) is 0 Å². The summed E-state index contributed by atoms with van der Waals surface area (Å²) in [6.07, 6.45) is 3.20. The maximum Gasteiger partial charge on any atom is 0.102 e. The summed E-state index contributed by atoms with van der Waals surface area (Å²) in [6.45, 7) is 0. The third-order valence-electron chi connectivity index (χ3n) is 2.73. The van der Waals surface area contributed by atoms with Gasteiger partial charge in [-0.15, -0.1) is 0 Å². The number of H-pyrrole nitrogens is 1. The summed E-state index contributed by atoms with van der Waals surface area (Å²) < 4.78 is 0. The lowest BCUT2D eigenvalue weighted by molar-refractivity contribution is 1.12. The van der Waals surface area contributed by atoms with Crippen molar-refractivity contribution in [2.24, 2.45) is 0 Å². The molecule has 5 nitrogen and oxygen atoms in total. The molecular formula is C13H9N5. The molecule has 0 spiro atoms. The normalized spacial score (nSPS) is 10.4. The van der Waals surface area contributed by atoms with Gasteiger partial charge in [0, 0.05) is 29.0 Å². The second-order valence-corrected chi connectivity index (χ2v) is 3.95. The third kappa shape index (κ3) is 1.57. The van der Waals surface area contributed by atoms with Gasteiger partial charge in [0.25, 0.3) is 0 Å². The zero-order valence-electron chi connectivity index (χ0n) is 9.38. The maximum absolute atomic E-state index is 8.88. The van der Waals surface area contributed by atoms with Crippen LogP contribution in [-0.2, 0) is 0 Å². The molecule has 2 heterocycles. The molecule has 1 aromatic carbocycles.